The summed E-state index contributed by atoms with van der Waals surface area (Å²) in [7, 11) is 1.48. The molecule has 6 nitrogen and oxygen atoms in total. The van der Waals surface area contributed by atoms with Crippen molar-refractivity contribution in [2.75, 3.05) is 12.4 Å². The number of carbonyl (C=O) groups excluding carboxylic acids is 2. The molecular weight excluding hydrogens is 354 g/mol. The Morgan fingerprint density at radius 1 is 0.964 bits per heavy atom. The minimum absolute atomic E-state index is 0.309. The molecule has 6 heteroatoms. The van der Waals surface area contributed by atoms with Gasteiger partial charge in [-0.1, -0.05) is 48.5 Å². The van der Waals surface area contributed by atoms with Crippen LogP contribution in [-0.4, -0.2) is 29.9 Å². The second-order valence-corrected chi connectivity index (χ2v) is 6.13. The summed E-state index contributed by atoms with van der Waals surface area (Å²) >= 11 is 0. The average molecular weight is 375 g/mol. The molecule has 1 aromatic heterocycles. The first kappa shape index (κ1) is 19.1. The van der Waals surface area contributed by atoms with Gasteiger partial charge in [-0.2, -0.15) is 0 Å². The van der Waals surface area contributed by atoms with E-state index in [0.717, 1.165) is 5.56 Å². The number of methoxy groups -OCH3 is 1. The van der Waals surface area contributed by atoms with E-state index in [9.17, 15) is 9.59 Å². The van der Waals surface area contributed by atoms with Crippen LogP contribution in [0.3, 0.4) is 0 Å². The number of ether oxygens (including phenoxy) is 1. The Hall–Kier alpha value is -3.67. The molecule has 0 bridgehead atoms. The topological polar surface area (TPSA) is 80.3 Å². The smallest absolute Gasteiger partial charge is 0.251 e. The van der Waals surface area contributed by atoms with E-state index in [-0.39, 0.29) is 11.8 Å². The Morgan fingerprint density at radius 3 is 2.32 bits per heavy atom. The number of pyridine rings is 1. The number of carbonyl (C=O) groups is 2. The van der Waals surface area contributed by atoms with E-state index in [0.29, 0.717) is 23.6 Å². The van der Waals surface area contributed by atoms with Crippen LogP contribution in [0.15, 0.2) is 79.0 Å². The largest absolute Gasteiger partial charge is 0.480 e. The Balaban J connectivity index is 1.80. The quantitative estimate of drug-likeness (QED) is 0.665. The molecule has 0 saturated carbocycles. The van der Waals surface area contributed by atoms with Crippen molar-refractivity contribution in [3.05, 3.63) is 90.1 Å². The predicted molar refractivity (Wildman–Crippen MR) is 107 cm³/mol. The van der Waals surface area contributed by atoms with Crippen molar-refractivity contribution < 1.29 is 14.3 Å². The third-order valence-corrected chi connectivity index (χ3v) is 4.16. The highest BCUT2D eigenvalue weighted by Crippen LogP contribution is 2.20. The first-order chi connectivity index (χ1) is 13.7. The second kappa shape index (κ2) is 9.32. The molecule has 0 aliphatic carbocycles. The highest BCUT2D eigenvalue weighted by molar-refractivity contribution is 6.01. The monoisotopic (exact) mass is 375 g/mol. The summed E-state index contributed by atoms with van der Waals surface area (Å²) in [6.45, 7) is 0. The Bertz CT molecular complexity index is 930. The zero-order valence-corrected chi connectivity index (χ0v) is 15.5. The number of benzene rings is 2. The molecule has 0 fully saturated rings. The summed E-state index contributed by atoms with van der Waals surface area (Å²) in [6.07, 6.45) is 1.93. The predicted octanol–water partition coefficient (Wildman–Crippen LogP) is 3.07. The molecule has 142 valence electrons. The van der Waals surface area contributed by atoms with Gasteiger partial charge in [0.25, 0.3) is 5.91 Å². The van der Waals surface area contributed by atoms with Crippen LogP contribution >= 0.6 is 0 Å². The van der Waals surface area contributed by atoms with Crippen LogP contribution in [0.25, 0.3) is 0 Å². The molecule has 1 atom stereocenters. The fraction of sp³-hybridized carbons (Fsp3) is 0.136. The van der Waals surface area contributed by atoms with E-state index in [1.165, 1.54) is 7.11 Å². The normalized spacial score (nSPS) is 11.3. The third kappa shape index (κ3) is 4.94. The van der Waals surface area contributed by atoms with Gasteiger partial charge in [-0.05, 0) is 29.8 Å². The van der Waals surface area contributed by atoms with Crippen molar-refractivity contribution in [3.63, 3.8) is 0 Å². The van der Waals surface area contributed by atoms with Crippen molar-refractivity contribution in [3.8, 4) is 5.88 Å². The van der Waals surface area contributed by atoms with Crippen molar-refractivity contribution in [1.29, 1.82) is 0 Å². The number of nitrogens with zero attached hydrogens (tertiary/aromatic N) is 1. The number of nitrogens with one attached hydrogen (secondary N) is 2. The standard InChI is InChI=1S/C22H21N3O3/c1-28-22-18(13-8-14-23-22)24-21(27)19(15-16-9-4-2-5-10-16)25-20(26)17-11-6-3-7-12-17/h2-14,19H,15H2,1H3,(H,24,27)(H,25,26). The summed E-state index contributed by atoms with van der Waals surface area (Å²) in [4.78, 5) is 29.6. The van der Waals surface area contributed by atoms with Crippen molar-refractivity contribution in [2.24, 2.45) is 0 Å². The number of hydrogen-bond acceptors (Lipinski definition) is 4. The molecule has 1 unspecified atom stereocenters. The van der Waals surface area contributed by atoms with Crippen molar-refractivity contribution in [2.45, 2.75) is 12.5 Å². The van der Waals surface area contributed by atoms with E-state index in [1.807, 2.05) is 36.4 Å². The number of aromatic nitrogens is 1. The van der Waals surface area contributed by atoms with E-state index in [1.54, 1.807) is 42.6 Å². The van der Waals surface area contributed by atoms with Crippen LogP contribution in [-0.2, 0) is 11.2 Å². The van der Waals surface area contributed by atoms with E-state index < -0.39 is 6.04 Å². The van der Waals surface area contributed by atoms with Gasteiger partial charge in [0.15, 0.2) is 0 Å². The highest BCUT2D eigenvalue weighted by Gasteiger charge is 2.23. The summed E-state index contributed by atoms with van der Waals surface area (Å²) in [5.41, 5.74) is 1.88. The molecule has 0 saturated heterocycles. The number of hydrogen-bond donors (Lipinski definition) is 2. The minimum atomic E-state index is -0.764. The first-order valence-corrected chi connectivity index (χ1v) is 8.87. The van der Waals surface area contributed by atoms with Gasteiger partial charge in [0.2, 0.25) is 11.8 Å². The van der Waals surface area contributed by atoms with Gasteiger partial charge in [-0.3, -0.25) is 9.59 Å². The highest BCUT2D eigenvalue weighted by atomic mass is 16.5. The molecule has 2 N–H and O–H groups in total. The van der Waals surface area contributed by atoms with E-state index in [4.69, 9.17) is 4.74 Å². The third-order valence-electron chi connectivity index (χ3n) is 4.16. The number of rotatable bonds is 7. The molecule has 0 spiro atoms. The molecule has 3 rings (SSSR count). The lowest BCUT2D eigenvalue weighted by Gasteiger charge is -2.19. The molecule has 0 aliphatic heterocycles. The fourth-order valence-electron chi connectivity index (χ4n) is 2.76. The SMILES string of the molecule is COc1ncccc1NC(=O)C(Cc1ccccc1)NC(=O)c1ccccc1. The molecule has 2 aromatic carbocycles. The molecule has 28 heavy (non-hydrogen) atoms. The van der Waals surface area contributed by atoms with Gasteiger partial charge in [-0.25, -0.2) is 4.98 Å². The summed E-state index contributed by atoms with van der Waals surface area (Å²) < 4.78 is 5.18. The van der Waals surface area contributed by atoms with Gasteiger partial charge < -0.3 is 15.4 Å². The zero-order chi connectivity index (χ0) is 19.8. The molecule has 0 radical (unpaired) electrons. The maximum atomic E-state index is 12.9. The maximum Gasteiger partial charge on any atom is 0.251 e. The molecular formula is C22H21N3O3. The molecule has 2 amide bonds. The first-order valence-electron chi connectivity index (χ1n) is 8.87. The number of anilines is 1. The summed E-state index contributed by atoms with van der Waals surface area (Å²) in [5.74, 6) is -0.349. The van der Waals surface area contributed by atoms with Gasteiger partial charge in [0, 0.05) is 18.2 Å². The summed E-state index contributed by atoms with van der Waals surface area (Å²) in [5, 5.41) is 5.62. The van der Waals surface area contributed by atoms with Crippen molar-refractivity contribution in [1.82, 2.24) is 10.3 Å². The van der Waals surface area contributed by atoms with Gasteiger partial charge in [0.05, 0.1) is 7.11 Å². The lowest BCUT2D eigenvalue weighted by Crippen LogP contribution is -2.45. The minimum Gasteiger partial charge on any atom is -0.480 e. The van der Waals surface area contributed by atoms with Crippen LogP contribution in [0, 0.1) is 0 Å². The fourth-order valence-corrected chi connectivity index (χ4v) is 2.76. The van der Waals surface area contributed by atoms with Crippen LogP contribution in [0.5, 0.6) is 5.88 Å². The van der Waals surface area contributed by atoms with Gasteiger partial charge in [-0.15, -0.1) is 0 Å². The van der Waals surface area contributed by atoms with Gasteiger partial charge in [0.1, 0.15) is 11.7 Å². The van der Waals surface area contributed by atoms with Crippen LogP contribution in [0.2, 0.25) is 0 Å². The molecule has 3 aromatic rings. The average Bonchev–Trinajstić information content (AvgIpc) is 2.75. The number of amides is 2. The maximum absolute atomic E-state index is 12.9. The van der Waals surface area contributed by atoms with Crippen LogP contribution in [0.1, 0.15) is 15.9 Å². The Kier molecular flexibility index (Phi) is 6.36. The van der Waals surface area contributed by atoms with E-state index in [2.05, 4.69) is 15.6 Å². The Morgan fingerprint density at radius 2 is 1.64 bits per heavy atom. The molecule has 1 heterocycles. The zero-order valence-electron chi connectivity index (χ0n) is 15.5. The molecule has 0 aliphatic rings. The van der Waals surface area contributed by atoms with Crippen LogP contribution in [0.4, 0.5) is 5.69 Å². The Labute approximate surface area is 163 Å². The van der Waals surface area contributed by atoms with Gasteiger partial charge >= 0.3 is 0 Å². The lowest BCUT2D eigenvalue weighted by molar-refractivity contribution is -0.118. The van der Waals surface area contributed by atoms with E-state index >= 15 is 0 Å². The van der Waals surface area contributed by atoms with Crippen LogP contribution < -0.4 is 15.4 Å². The van der Waals surface area contributed by atoms with Crippen molar-refractivity contribution >= 4 is 17.5 Å². The lowest BCUT2D eigenvalue weighted by atomic mass is 10.0. The summed E-state index contributed by atoms with van der Waals surface area (Å²) in [6, 6.07) is 21.0. The second-order valence-electron chi connectivity index (χ2n) is 6.13.